The Bertz CT molecular complexity index is 1100. The van der Waals surface area contributed by atoms with Crippen molar-refractivity contribution in [1.82, 2.24) is 15.6 Å². The van der Waals surface area contributed by atoms with Gasteiger partial charge in [0.25, 0.3) is 0 Å². The minimum Gasteiger partial charge on any atom is -0.467 e. The third kappa shape index (κ3) is 7.85. The first-order chi connectivity index (χ1) is 16.5. The average Bonchev–Trinajstić information content (AvgIpc) is 3.15. The highest BCUT2D eigenvalue weighted by atomic mass is 16.6. The highest BCUT2D eigenvalue weighted by Gasteiger charge is 2.29. The van der Waals surface area contributed by atoms with Gasteiger partial charge in [-0.2, -0.15) is 0 Å². The number of carbonyl (C=O) groups excluding carboxylic acids is 4. The molecule has 35 heavy (non-hydrogen) atoms. The average molecular weight is 490 g/mol. The lowest BCUT2D eigenvalue weighted by Gasteiger charge is -2.24. The monoisotopic (exact) mass is 489 g/mol. The summed E-state index contributed by atoms with van der Waals surface area (Å²) in [5, 5.41) is 15.2. The molecule has 2 aromatic rings. The molecule has 0 saturated carbocycles. The molecule has 1 aromatic heterocycles. The van der Waals surface area contributed by atoms with E-state index >= 15 is 0 Å². The Balaban J connectivity index is 2.31. The maximum atomic E-state index is 12.8. The highest BCUT2D eigenvalue weighted by molar-refractivity contribution is 5.93. The number of aromatic amines is 1. The summed E-state index contributed by atoms with van der Waals surface area (Å²) in [5.74, 6) is -2.10. The summed E-state index contributed by atoms with van der Waals surface area (Å²) < 4.78 is 14.6. The number of hydrogen-bond acceptors (Lipinski definition) is 8. The lowest BCUT2D eigenvalue weighted by atomic mass is 10.0. The molecule has 2 rings (SSSR count). The molecule has 0 fully saturated rings. The number of fused-ring (bicyclic) bond motifs is 1. The summed E-state index contributed by atoms with van der Waals surface area (Å²) in [7, 11) is 2.43. The Morgan fingerprint density at radius 1 is 1.06 bits per heavy atom. The smallest absolute Gasteiger partial charge is 0.408 e. The molecule has 1 heterocycles. The number of amides is 2. The zero-order valence-corrected chi connectivity index (χ0v) is 20.3. The van der Waals surface area contributed by atoms with Crippen LogP contribution in [0.1, 0.15) is 32.0 Å². The van der Waals surface area contributed by atoms with Crippen LogP contribution in [0.4, 0.5) is 4.79 Å². The summed E-state index contributed by atoms with van der Waals surface area (Å²) >= 11 is 0. The molecule has 2 atom stereocenters. The van der Waals surface area contributed by atoms with E-state index in [1.807, 2.05) is 24.3 Å². The van der Waals surface area contributed by atoms with Gasteiger partial charge >= 0.3 is 18.0 Å². The number of H-pyrrole nitrogens is 1. The Hall–Kier alpha value is -3.86. The van der Waals surface area contributed by atoms with Gasteiger partial charge in [0.1, 0.15) is 17.7 Å². The molecule has 1 aromatic carbocycles. The number of carbonyl (C=O) groups is 4. The lowest BCUT2D eigenvalue weighted by molar-refractivity contribution is -0.145. The first-order valence-corrected chi connectivity index (χ1v) is 10.8. The maximum Gasteiger partial charge on any atom is 0.408 e. The molecule has 11 nitrogen and oxygen atoms in total. The molecule has 0 radical (unpaired) electrons. The summed E-state index contributed by atoms with van der Waals surface area (Å²) in [6.07, 6.45) is 1.84. The minimum absolute atomic E-state index is 0.00609. The Labute approximate surface area is 202 Å². The molecular formula is C24H31N3O8. The van der Waals surface area contributed by atoms with Gasteiger partial charge in [-0.3, -0.25) is 4.79 Å². The van der Waals surface area contributed by atoms with Crippen LogP contribution < -0.4 is 10.6 Å². The number of aliphatic hydroxyl groups is 1. The van der Waals surface area contributed by atoms with Crippen molar-refractivity contribution in [2.24, 2.45) is 0 Å². The zero-order valence-electron chi connectivity index (χ0n) is 20.3. The standard InChI is InChI=1S/C24H31N3O8/c1-24(2,3)35-23(32)27-19(13-28)21(30)26-18(22(31)34-5)12-15-14-8-6-7-9-16(14)25-17(15)10-11-20(29)33-4/h6-11,18-19,25,28H,12-13H2,1-5H3,(H,26,30)(H,27,32)/b11-10+/t18-,19-/m0/s1. The van der Waals surface area contributed by atoms with Crippen molar-refractivity contribution in [2.45, 2.75) is 44.9 Å². The third-order valence-corrected chi connectivity index (χ3v) is 4.83. The van der Waals surface area contributed by atoms with E-state index in [1.54, 1.807) is 20.8 Å². The number of ether oxygens (including phenoxy) is 3. The van der Waals surface area contributed by atoms with Crippen LogP contribution in [-0.4, -0.2) is 72.5 Å². The van der Waals surface area contributed by atoms with Crippen LogP contribution in [0.2, 0.25) is 0 Å². The van der Waals surface area contributed by atoms with Crippen LogP contribution in [0.15, 0.2) is 30.3 Å². The van der Waals surface area contributed by atoms with Crippen LogP contribution in [0.25, 0.3) is 17.0 Å². The SMILES string of the molecule is COC(=O)/C=C/c1[nH]c2ccccc2c1C[C@H](NC(=O)[C@H](CO)NC(=O)OC(C)(C)C)C(=O)OC. The second-order valence-electron chi connectivity index (χ2n) is 8.59. The molecule has 0 unspecified atom stereocenters. The third-order valence-electron chi connectivity index (χ3n) is 4.83. The van der Waals surface area contributed by atoms with Crippen LogP contribution in [0.5, 0.6) is 0 Å². The predicted octanol–water partition coefficient (Wildman–Crippen LogP) is 1.44. The van der Waals surface area contributed by atoms with Crippen molar-refractivity contribution in [3.8, 4) is 0 Å². The molecule has 0 saturated heterocycles. The van der Waals surface area contributed by atoms with Gasteiger partial charge in [0, 0.05) is 29.1 Å². The number of aliphatic hydroxyl groups excluding tert-OH is 1. The molecule has 0 aliphatic carbocycles. The largest absolute Gasteiger partial charge is 0.467 e. The number of methoxy groups -OCH3 is 2. The van der Waals surface area contributed by atoms with Gasteiger partial charge in [0.05, 0.1) is 20.8 Å². The highest BCUT2D eigenvalue weighted by Crippen LogP contribution is 2.25. The van der Waals surface area contributed by atoms with Gasteiger partial charge in [0.15, 0.2) is 0 Å². The van der Waals surface area contributed by atoms with Crippen LogP contribution in [0, 0.1) is 0 Å². The predicted molar refractivity (Wildman–Crippen MR) is 127 cm³/mol. The van der Waals surface area contributed by atoms with E-state index in [2.05, 4.69) is 20.4 Å². The quantitative estimate of drug-likeness (QED) is 0.234. The molecule has 4 N–H and O–H groups in total. The van der Waals surface area contributed by atoms with E-state index in [-0.39, 0.29) is 6.42 Å². The van der Waals surface area contributed by atoms with Crippen LogP contribution in [0.3, 0.4) is 0 Å². The summed E-state index contributed by atoms with van der Waals surface area (Å²) in [6.45, 7) is 4.24. The van der Waals surface area contributed by atoms with Gasteiger partial charge in [0.2, 0.25) is 5.91 Å². The van der Waals surface area contributed by atoms with Gasteiger partial charge in [-0.25, -0.2) is 14.4 Å². The number of rotatable bonds is 9. The first-order valence-electron chi connectivity index (χ1n) is 10.8. The van der Waals surface area contributed by atoms with Crippen molar-refractivity contribution in [2.75, 3.05) is 20.8 Å². The second kappa shape index (κ2) is 12.0. The van der Waals surface area contributed by atoms with Gasteiger partial charge < -0.3 is 34.9 Å². The normalized spacial score (nSPS) is 13.2. The van der Waals surface area contributed by atoms with Gasteiger partial charge in [-0.15, -0.1) is 0 Å². The number of nitrogens with one attached hydrogen (secondary N) is 3. The van der Waals surface area contributed by atoms with Crippen molar-refractivity contribution in [3.05, 3.63) is 41.6 Å². The minimum atomic E-state index is -1.36. The molecule has 11 heteroatoms. The number of aromatic nitrogens is 1. The number of esters is 2. The number of para-hydroxylation sites is 1. The Kier molecular flexibility index (Phi) is 9.41. The molecular weight excluding hydrogens is 458 g/mol. The van der Waals surface area contributed by atoms with E-state index in [4.69, 9.17) is 9.47 Å². The fraction of sp³-hybridized carbons (Fsp3) is 0.417. The van der Waals surface area contributed by atoms with E-state index in [1.165, 1.54) is 26.4 Å². The maximum absolute atomic E-state index is 12.8. The number of alkyl carbamates (subject to hydrolysis) is 1. The van der Waals surface area contributed by atoms with E-state index in [9.17, 15) is 24.3 Å². The van der Waals surface area contributed by atoms with Crippen molar-refractivity contribution in [3.63, 3.8) is 0 Å². The van der Waals surface area contributed by atoms with Gasteiger partial charge in [-0.05, 0) is 38.5 Å². The molecule has 0 aliphatic rings. The molecule has 0 spiro atoms. The van der Waals surface area contributed by atoms with Crippen molar-refractivity contribution < 1.29 is 38.5 Å². The second-order valence-corrected chi connectivity index (χ2v) is 8.59. The summed E-state index contributed by atoms with van der Waals surface area (Å²) in [4.78, 5) is 52.1. The number of benzene rings is 1. The Morgan fingerprint density at radius 2 is 1.74 bits per heavy atom. The van der Waals surface area contributed by atoms with Crippen molar-refractivity contribution in [1.29, 1.82) is 0 Å². The Morgan fingerprint density at radius 3 is 2.34 bits per heavy atom. The van der Waals surface area contributed by atoms with E-state index < -0.39 is 48.2 Å². The molecule has 190 valence electrons. The molecule has 0 aliphatic heterocycles. The fourth-order valence-corrected chi connectivity index (χ4v) is 3.26. The topological polar surface area (TPSA) is 156 Å². The van der Waals surface area contributed by atoms with E-state index in [0.717, 1.165) is 10.9 Å². The summed E-state index contributed by atoms with van der Waals surface area (Å²) in [6, 6.07) is 4.76. The fourth-order valence-electron chi connectivity index (χ4n) is 3.26. The van der Waals surface area contributed by atoms with E-state index in [0.29, 0.717) is 11.3 Å². The zero-order chi connectivity index (χ0) is 26.2. The lowest BCUT2D eigenvalue weighted by Crippen LogP contribution is -2.54. The van der Waals surface area contributed by atoms with Crippen LogP contribution in [-0.2, 0) is 35.0 Å². The van der Waals surface area contributed by atoms with Crippen LogP contribution >= 0.6 is 0 Å². The van der Waals surface area contributed by atoms with Crippen molar-refractivity contribution >= 4 is 40.9 Å². The molecule has 2 amide bonds. The number of hydrogen-bond donors (Lipinski definition) is 4. The summed E-state index contributed by atoms with van der Waals surface area (Å²) in [5.41, 5.74) is 1.11. The van der Waals surface area contributed by atoms with Gasteiger partial charge in [-0.1, -0.05) is 18.2 Å². The first kappa shape index (κ1) is 27.4. The molecule has 0 bridgehead atoms.